The number of hydrogen-bond donors (Lipinski definition) is 2. The molecule has 0 aliphatic carbocycles. The molecule has 39 heavy (non-hydrogen) atoms. The number of halogens is 8. The molecule has 9 nitrogen and oxygen atoms in total. The average Bonchev–Trinajstić information content (AvgIpc) is 3.39. The van der Waals surface area contributed by atoms with E-state index in [2.05, 4.69) is 15.4 Å². The first-order valence-corrected chi connectivity index (χ1v) is 11.0. The fourth-order valence-electron chi connectivity index (χ4n) is 4.24. The lowest BCUT2D eigenvalue weighted by atomic mass is 10.0. The number of carbonyl (C=O) groups excluding carboxylic acids is 2. The summed E-state index contributed by atoms with van der Waals surface area (Å²) in [5, 5.41) is 5.93. The molecule has 1 fully saturated rings. The van der Waals surface area contributed by atoms with Gasteiger partial charge in [0.1, 0.15) is 24.4 Å². The topological polar surface area (TPSA) is 115 Å². The number of nitrogens with one attached hydrogen (secondary N) is 1. The van der Waals surface area contributed by atoms with Crippen LogP contribution in [0.4, 0.5) is 40.9 Å². The third kappa shape index (κ3) is 5.51. The van der Waals surface area contributed by atoms with Gasteiger partial charge in [0.25, 0.3) is 5.91 Å². The van der Waals surface area contributed by atoms with Crippen molar-refractivity contribution in [3.05, 3.63) is 41.5 Å². The maximum atomic E-state index is 15.0. The van der Waals surface area contributed by atoms with Gasteiger partial charge in [0.2, 0.25) is 5.91 Å². The normalized spacial score (nSPS) is 18.0. The number of rotatable bonds is 5. The van der Waals surface area contributed by atoms with E-state index in [4.69, 9.17) is 10.5 Å². The molecule has 1 aromatic carbocycles. The van der Waals surface area contributed by atoms with Gasteiger partial charge in [0.15, 0.2) is 17.4 Å². The molecule has 4 rings (SSSR count). The SMILES string of the molecule is COc1c(F)cc(-c2cc(C(F)(F)F)c3c(N)ncnn23)cc1C(=O)N[C@@H]1CN(C(=O)CC(F)(F)F)C[C@@H]1F. The molecule has 0 radical (unpaired) electrons. The van der Waals surface area contributed by atoms with Gasteiger partial charge in [-0.3, -0.25) is 9.59 Å². The maximum Gasteiger partial charge on any atom is 0.418 e. The van der Waals surface area contributed by atoms with Crippen molar-refractivity contribution in [2.45, 2.75) is 31.0 Å². The number of hydrogen-bond acceptors (Lipinski definition) is 6. The van der Waals surface area contributed by atoms with Crippen LogP contribution >= 0.6 is 0 Å². The number of anilines is 1. The van der Waals surface area contributed by atoms with Crippen LogP contribution in [0.15, 0.2) is 24.5 Å². The molecule has 1 saturated heterocycles. The second-order valence-electron chi connectivity index (χ2n) is 8.57. The Morgan fingerprint density at radius 3 is 2.46 bits per heavy atom. The van der Waals surface area contributed by atoms with Gasteiger partial charge in [0.05, 0.1) is 36.5 Å². The molecular formula is C22H18F8N6O3. The van der Waals surface area contributed by atoms with Crippen molar-refractivity contribution in [2.75, 3.05) is 25.9 Å². The van der Waals surface area contributed by atoms with Crippen molar-refractivity contribution in [1.29, 1.82) is 0 Å². The molecule has 2 amide bonds. The molecule has 3 heterocycles. The van der Waals surface area contributed by atoms with E-state index in [0.717, 1.165) is 30.1 Å². The number of amides is 2. The molecule has 17 heteroatoms. The lowest BCUT2D eigenvalue weighted by Gasteiger charge is -2.18. The number of benzene rings is 1. The number of methoxy groups -OCH3 is 1. The number of likely N-dealkylation sites (tertiary alicyclic amines) is 1. The first kappa shape index (κ1) is 27.8. The zero-order valence-electron chi connectivity index (χ0n) is 19.7. The van der Waals surface area contributed by atoms with Crippen molar-refractivity contribution in [3.8, 4) is 17.0 Å². The number of nitrogens with two attached hydrogens (primary N) is 1. The summed E-state index contributed by atoms with van der Waals surface area (Å²) in [5.74, 6) is -4.88. The second kappa shape index (κ2) is 9.85. The molecule has 0 saturated carbocycles. The summed E-state index contributed by atoms with van der Waals surface area (Å²) in [7, 11) is 1.00. The number of alkyl halides is 7. The van der Waals surface area contributed by atoms with Crippen LogP contribution in [0.5, 0.6) is 5.75 Å². The Labute approximate surface area is 213 Å². The summed E-state index contributed by atoms with van der Waals surface area (Å²) >= 11 is 0. The van der Waals surface area contributed by atoms with E-state index in [1.165, 1.54) is 0 Å². The van der Waals surface area contributed by atoms with Crippen LogP contribution in [-0.4, -0.2) is 69.9 Å². The lowest BCUT2D eigenvalue weighted by molar-refractivity contribution is -0.160. The van der Waals surface area contributed by atoms with Crippen molar-refractivity contribution in [2.24, 2.45) is 0 Å². The van der Waals surface area contributed by atoms with Crippen molar-refractivity contribution < 1.29 is 49.4 Å². The van der Waals surface area contributed by atoms with Gasteiger partial charge in [-0.2, -0.15) is 31.4 Å². The van der Waals surface area contributed by atoms with E-state index >= 15 is 0 Å². The smallest absolute Gasteiger partial charge is 0.418 e. The predicted molar refractivity (Wildman–Crippen MR) is 118 cm³/mol. The van der Waals surface area contributed by atoms with E-state index in [1.54, 1.807) is 0 Å². The molecule has 0 unspecified atom stereocenters. The Kier molecular flexibility index (Phi) is 7.03. The highest BCUT2D eigenvalue weighted by atomic mass is 19.4. The molecule has 3 aromatic rings. The van der Waals surface area contributed by atoms with E-state index in [9.17, 15) is 44.7 Å². The van der Waals surface area contributed by atoms with Crippen LogP contribution < -0.4 is 15.8 Å². The van der Waals surface area contributed by atoms with Crippen LogP contribution in [0.25, 0.3) is 16.8 Å². The van der Waals surface area contributed by atoms with E-state index in [0.29, 0.717) is 11.0 Å². The fourth-order valence-corrected chi connectivity index (χ4v) is 4.24. The number of fused-ring (bicyclic) bond motifs is 1. The Hall–Kier alpha value is -4.18. The third-order valence-electron chi connectivity index (χ3n) is 5.95. The average molecular weight is 566 g/mol. The summed E-state index contributed by atoms with van der Waals surface area (Å²) in [5.41, 5.74) is 2.61. The van der Waals surface area contributed by atoms with Gasteiger partial charge in [-0.25, -0.2) is 18.3 Å². The molecule has 2 atom stereocenters. The second-order valence-corrected chi connectivity index (χ2v) is 8.57. The minimum Gasteiger partial charge on any atom is -0.493 e. The predicted octanol–water partition coefficient (Wildman–Crippen LogP) is 3.38. The molecule has 0 bridgehead atoms. The van der Waals surface area contributed by atoms with Gasteiger partial charge >= 0.3 is 12.4 Å². The van der Waals surface area contributed by atoms with Crippen LogP contribution in [0.1, 0.15) is 22.3 Å². The highest BCUT2D eigenvalue weighted by Crippen LogP contribution is 2.40. The zero-order valence-corrected chi connectivity index (χ0v) is 19.7. The fraction of sp³-hybridized carbons (Fsp3) is 0.364. The van der Waals surface area contributed by atoms with Crippen LogP contribution in [0, 0.1) is 5.82 Å². The van der Waals surface area contributed by atoms with E-state index in [1.807, 2.05) is 0 Å². The van der Waals surface area contributed by atoms with E-state index < -0.39 is 89.9 Å². The number of nitrogens with zero attached hydrogens (tertiary/aromatic N) is 4. The van der Waals surface area contributed by atoms with Crippen molar-refractivity contribution in [1.82, 2.24) is 24.8 Å². The molecule has 1 aliphatic rings. The molecule has 1 aliphatic heterocycles. The van der Waals surface area contributed by atoms with E-state index in [-0.39, 0.29) is 11.3 Å². The zero-order chi connectivity index (χ0) is 28.9. The quantitative estimate of drug-likeness (QED) is 0.458. The summed E-state index contributed by atoms with van der Waals surface area (Å²) in [4.78, 5) is 29.0. The van der Waals surface area contributed by atoms with Gasteiger partial charge in [-0.15, -0.1) is 0 Å². The Bertz CT molecular complexity index is 1440. The van der Waals surface area contributed by atoms with Gasteiger partial charge in [0, 0.05) is 12.1 Å². The van der Waals surface area contributed by atoms with Gasteiger partial charge in [-0.1, -0.05) is 0 Å². The number of ether oxygens (including phenoxy) is 1. The first-order chi connectivity index (χ1) is 18.1. The third-order valence-corrected chi connectivity index (χ3v) is 5.95. The number of carbonyl (C=O) groups is 2. The lowest BCUT2D eigenvalue weighted by Crippen LogP contribution is -2.42. The van der Waals surface area contributed by atoms with Crippen LogP contribution in [-0.2, 0) is 11.0 Å². The highest BCUT2D eigenvalue weighted by Gasteiger charge is 2.41. The number of aromatic nitrogens is 3. The van der Waals surface area contributed by atoms with Crippen molar-refractivity contribution in [3.63, 3.8) is 0 Å². The number of nitrogen functional groups attached to an aromatic ring is 1. The Morgan fingerprint density at radius 1 is 1.15 bits per heavy atom. The standard InChI is InChI=1S/C22H18F8N6O3/c1-39-18-10(20(38)34-14-7-35(6-13(14)24)16(37)5-21(25,26)27)2-9(3-12(18)23)15-4-11(22(28,29)30)17-19(31)32-8-33-36(15)17/h2-4,8,13-14H,5-7H2,1H3,(H,34,38)(H2,31,32,33)/t13-,14+/m0/s1. The highest BCUT2D eigenvalue weighted by molar-refractivity contribution is 5.99. The summed E-state index contributed by atoms with van der Waals surface area (Å²) in [6.07, 6.45) is -12.6. The molecule has 210 valence electrons. The largest absolute Gasteiger partial charge is 0.493 e. The molecule has 2 aromatic heterocycles. The minimum absolute atomic E-state index is 0.271. The molecule has 3 N–H and O–H groups in total. The minimum atomic E-state index is -4.90. The maximum absolute atomic E-state index is 15.0. The summed E-state index contributed by atoms with van der Waals surface area (Å²) < 4.78 is 114. The monoisotopic (exact) mass is 566 g/mol. The van der Waals surface area contributed by atoms with Crippen LogP contribution in [0.3, 0.4) is 0 Å². The molecule has 0 spiro atoms. The van der Waals surface area contributed by atoms with Crippen molar-refractivity contribution >= 4 is 23.1 Å². The summed E-state index contributed by atoms with van der Waals surface area (Å²) in [6.45, 7) is -1.32. The Morgan fingerprint density at radius 2 is 1.85 bits per heavy atom. The molecular weight excluding hydrogens is 548 g/mol. The van der Waals surface area contributed by atoms with Gasteiger partial charge in [-0.05, 0) is 18.2 Å². The van der Waals surface area contributed by atoms with Crippen LogP contribution in [0.2, 0.25) is 0 Å². The Balaban J connectivity index is 1.69. The first-order valence-electron chi connectivity index (χ1n) is 11.0. The van der Waals surface area contributed by atoms with Gasteiger partial charge < -0.3 is 20.7 Å². The summed E-state index contributed by atoms with van der Waals surface area (Å²) in [6, 6.07) is 0.916.